The lowest BCUT2D eigenvalue weighted by molar-refractivity contribution is 0.922. The standard InChI is InChI=1S/C13H13BrN2/c1-15-8-2-4-10-6-7-12(14)11-5-3-9-16-13(10)11/h2-7,9,15H,8H2,1H3/b4-2+. The number of benzene rings is 1. The number of nitrogens with one attached hydrogen (secondary N) is 1. The van der Waals surface area contributed by atoms with Crippen LogP contribution in [0, 0.1) is 0 Å². The maximum atomic E-state index is 4.42. The molecule has 82 valence electrons. The van der Waals surface area contributed by atoms with Gasteiger partial charge in [-0.25, -0.2) is 0 Å². The molecule has 0 atom stereocenters. The van der Waals surface area contributed by atoms with Crippen molar-refractivity contribution in [2.75, 3.05) is 13.6 Å². The Hall–Kier alpha value is -1.19. The topological polar surface area (TPSA) is 24.9 Å². The highest BCUT2D eigenvalue weighted by Crippen LogP contribution is 2.25. The van der Waals surface area contributed by atoms with Gasteiger partial charge < -0.3 is 5.32 Å². The highest BCUT2D eigenvalue weighted by molar-refractivity contribution is 9.10. The van der Waals surface area contributed by atoms with Crippen LogP contribution in [0.1, 0.15) is 5.56 Å². The average molecular weight is 277 g/mol. The van der Waals surface area contributed by atoms with Crippen molar-refractivity contribution in [1.29, 1.82) is 0 Å². The van der Waals surface area contributed by atoms with Crippen molar-refractivity contribution in [2.24, 2.45) is 0 Å². The highest BCUT2D eigenvalue weighted by atomic mass is 79.9. The monoisotopic (exact) mass is 276 g/mol. The van der Waals surface area contributed by atoms with E-state index < -0.39 is 0 Å². The summed E-state index contributed by atoms with van der Waals surface area (Å²) in [6.07, 6.45) is 6.01. The molecule has 0 fully saturated rings. The number of hydrogen-bond donors (Lipinski definition) is 1. The molecule has 2 rings (SSSR count). The van der Waals surface area contributed by atoms with Crippen LogP contribution >= 0.6 is 15.9 Å². The van der Waals surface area contributed by atoms with Crippen LogP contribution in [0.25, 0.3) is 17.0 Å². The summed E-state index contributed by atoms with van der Waals surface area (Å²) < 4.78 is 1.08. The fourth-order valence-corrected chi connectivity index (χ4v) is 2.05. The molecule has 1 aromatic carbocycles. The maximum Gasteiger partial charge on any atom is 0.0785 e. The highest BCUT2D eigenvalue weighted by Gasteiger charge is 2.02. The Bertz CT molecular complexity index is 520. The Morgan fingerprint density at radius 1 is 1.38 bits per heavy atom. The molecule has 1 N–H and O–H groups in total. The quantitative estimate of drug-likeness (QED) is 0.931. The first-order chi connectivity index (χ1) is 7.83. The van der Waals surface area contributed by atoms with E-state index in [1.54, 1.807) is 0 Å². The molecule has 0 spiro atoms. The van der Waals surface area contributed by atoms with Gasteiger partial charge in [0.05, 0.1) is 5.52 Å². The van der Waals surface area contributed by atoms with E-state index in [4.69, 9.17) is 0 Å². The van der Waals surface area contributed by atoms with Gasteiger partial charge in [-0.3, -0.25) is 4.98 Å². The molecule has 0 bridgehead atoms. The first-order valence-electron chi connectivity index (χ1n) is 5.17. The molecule has 0 aliphatic heterocycles. The number of halogens is 1. The largest absolute Gasteiger partial charge is 0.316 e. The van der Waals surface area contributed by atoms with Gasteiger partial charge in [0.2, 0.25) is 0 Å². The fourth-order valence-electron chi connectivity index (χ4n) is 1.60. The lowest BCUT2D eigenvalue weighted by Crippen LogP contribution is -2.03. The molecule has 0 aliphatic carbocycles. The zero-order valence-corrected chi connectivity index (χ0v) is 10.7. The van der Waals surface area contributed by atoms with Crippen LogP contribution < -0.4 is 5.32 Å². The van der Waals surface area contributed by atoms with Gasteiger partial charge in [-0.05, 0) is 19.2 Å². The summed E-state index contributed by atoms with van der Waals surface area (Å²) in [6, 6.07) is 8.16. The number of rotatable bonds is 3. The SMILES string of the molecule is CNC/C=C/c1ccc(Br)c2cccnc12. The minimum atomic E-state index is 0.865. The van der Waals surface area contributed by atoms with Crippen LogP contribution in [0.5, 0.6) is 0 Å². The first kappa shape index (κ1) is 11.3. The molecule has 0 aliphatic rings. The molecule has 0 radical (unpaired) electrons. The van der Waals surface area contributed by atoms with Crippen molar-refractivity contribution in [2.45, 2.75) is 0 Å². The van der Waals surface area contributed by atoms with E-state index in [-0.39, 0.29) is 0 Å². The van der Waals surface area contributed by atoms with Gasteiger partial charge in [0, 0.05) is 28.2 Å². The normalized spacial score (nSPS) is 11.4. The van der Waals surface area contributed by atoms with Crippen LogP contribution in [0.3, 0.4) is 0 Å². The second kappa shape index (κ2) is 5.23. The minimum Gasteiger partial charge on any atom is -0.316 e. The minimum absolute atomic E-state index is 0.865. The Labute approximate surface area is 104 Å². The van der Waals surface area contributed by atoms with E-state index in [1.807, 2.05) is 19.3 Å². The Balaban J connectivity index is 2.50. The number of fused-ring (bicyclic) bond motifs is 1. The number of nitrogens with zero attached hydrogens (tertiary/aromatic N) is 1. The average Bonchev–Trinajstić information content (AvgIpc) is 2.33. The molecule has 16 heavy (non-hydrogen) atoms. The number of hydrogen-bond acceptors (Lipinski definition) is 2. The molecule has 1 heterocycles. The van der Waals surface area contributed by atoms with E-state index in [1.165, 1.54) is 0 Å². The molecule has 0 saturated heterocycles. The van der Waals surface area contributed by atoms with Crippen LogP contribution in [0.4, 0.5) is 0 Å². The zero-order chi connectivity index (χ0) is 11.4. The van der Waals surface area contributed by atoms with E-state index in [0.29, 0.717) is 0 Å². The fraction of sp³-hybridized carbons (Fsp3) is 0.154. The molecular weight excluding hydrogens is 264 g/mol. The summed E-state index contributed by atoms with van der Waals surface area (Å²) >= 11 is 3.54. The van der Waals surface area contributed by atoms with Crippen molar-refractivity contribution in [1.82, 2.24) is 10.3 Å². The third kappa shape index (κ3) is 2.31. The van der Waals surface area contributed by atoms with Gasteiger partial charge in [0.1, 0.15) is 0 Å². The molecule has 2 nitrogen and oxygen atoms in total. The second-order valence-corrected chi connectivity index (χ2v) is 4.35. The summed E-state index contributed by atoms with van der Waals surface area (Å²) in [5.74, 6) is 0. The third-order valence-electron chi connectivity index (χ3n) is 2.37. The van der Waals surface area contributed by atoms with Crippen LogP contribution in [0.2, 0.25) is 0 Å². The lowest BCUT2D eigenvalue weighted by Gasteiger charge is -2.03. The Morgan fingerprint density at radius 3 is 3.06 bits per heavy atom. The number of pyridine rings is 1. The molecule has 0 unspecified atom stereocenters. The van der Waals surface area contributed by atoms with E-state index >= 15 is 0 Å². The van der Waals surface area contributed by atoms with Gasteiger partial charge in [-0.2, -0.15) is 0 Å². The van der Waals surface area contributed by atoms with Crippen molar-refractivity contribution < 1.29 is 0 Å². The van der Waals surface area contributed by atoms with E-state index in [9.17, 15) is 0 Å². The molecule has 2 aromatic rings. The molecule has 3 heteroatoms. The lowest BCUT2D eigenvalue weighted by atomic mass is 10.1. The summed E-state index contributed by atoms with van der Waals surface area (Å²) in [7, 11) is 1.93. The Kier molecular flexibility index (Phi) is 3.70. The summed E-state index contributed by atoms with van der Waals surface area (Å²) in [5.41, 5.74) is 2.18. The molecule has 0 amide bonds. The third-order valence-corrected chi connectivity index (χ3v) is 3.06. The Morgan fingerprint density at radius 2 is 2.25 bits per heavy atom. The zero-order valence-electron chi connectivity index (χ0n) is 9.07. The van der Waals surface area contributed by atoms with E-state index in [2.05, 4.69) is 56.6 Å². The van der Waals surface area contributed by atoms with Crippen molar-refractivity contribution in [3.63, 3.8) is 0 Å². The summed E-state index contributed by atoms with van der Waals surface area (Å²) in [4.78, 5) is 4.42. The van der Waals surface area contributed by atoms with Gasteiger partial charge in [-0.15, -0.1) is 0 Å². The van der Waals surface area contributed by atoms with Crippen molar-refractivity contribution in [3.8, 4) is 0 Å². The predicted molar refractivity (Wildman–Crippen MR) is 72.4 cm³/mol. The second-order valence-electron chi connectivity index (χ2n) is 3.50. The van der Waals surface area contributed by atoms with Crippen LogP contribution in [-0.4, -0.2) is 18.6 Å². The smallest absolute Gasteiger partial charge is 0.0785 e. The van der Waals surface area contributed by atoms with E-state index in [0.717, 1.165) is 27.5 Å². The van der Waals surface area contributed by atoms with Gasteiger partial charge in [0.15, 0.2) is 0 Å². The van der Waals surface area contributed by atoms with Crippen LogP contribution in [0.15, 0.2) is 41.0 Å². The maximum absolute atomic E-state index is 4.42. The molecule has 0 saturated carbocycles. The predicted octanol–water partition coefficient (Wildman–Crippen LogP) is 3.23. The van der Waals surface area contributed by atoms with Crippen LogP contribution in [-0.2, 0) is 0 Å². The van der Waals surface area contributed by atoms with Crippen molar-refractivity contribution in [3.05, 3.63) is 46.6 Å². The van der Waals surface area contributed by atoms with Gasteiger partial charge in [-0.1, -0.05) is 40.2 Å². The number of likely N-dealkylation sites (N-methyl/N-ethyl adjacent to an activating group) is 1. The first-order valence-corrected chi connectivity index (χ1v) is 5.96. The van der Waals surface area contributed by atoms with Gasteiger partial charge >= 0.3 is 0 Å². The molecular formula is C13H13BrN2. The van der Waals surface area contributed by atoms with Gasteiger partial charge in [0.25, 0.3) is 0 Å². The molecule has 1 aromatic heterocycles. The summed E-state index contributed by atoms with van der Waals surface area (Å²) in [5, 5.41) is 4.23. The number of aromatic nitrogens is 1. The summed E-state index contributed by atoms with van der Waals surface area (Å²) in [6.45, 7) is 0.865. The van der Waals surface area contributed by atoms with Crippen molar-refractivity contribution >= 4 is 32.9 Å².